The van der Waals surface area contributed by atoms with Gasteiger partial charge in [0.15, 0.2) is 0 Å². The zero-order valence-corrected chi connectivity index (χ0v) is 22.0. The van der Waals surface area contributed by atoms with E-state index in [4.69, 9.17) is 11.6 Å². The number of hydrogen-bond donors (Lipinski definition) is 1. The minimum absolute atomic E-state index is 0.240. The first-order valence-corrected chi connectivity index (χ1v) is 13.5. The van der Waals surface area contributed by atoms with Crippen LogP contribution in [0.3, 0.4) is 0 Å². The average molecular weight is 518 g/mol. The maximum absolute atomic E-state index is 12.4. The summed E-state index contributed by atoms with van der Waals surface area (Å²) in [6, 6.07) is 22.5. The van der Waals surface area contributed by atoms with Gasteiger partial charge in [0.25, 0.3) is 0 Å². The molecule has 3 aromatic carbocycles. The van der Waals surface area contributed by atoms with Gasteiger partial charge in [0.1, 0.15) is 0 Å². The number of alkyl halides is 1. The third-order valence-corrected chi connectivity index (χ3v) is 8.05. The van der Waals surface area contributed by atoms with Gasteiger partial charge in [0.05, 0.1) is 12.2 Å². The molecule has 3 nitrogen and oxygen atoms in total. The molecule has 2 aliphatic rings. The summed E-state index contributed by atoms with van der Waals surface area (Å²) in [5.41, 5.74) is 8.57. The number of aryl methyl sites for hydroxylation is 1. The molecule has 0 bridgehead atoms. The highest BCUT2D eigenvalue weighted by atomic mass is 35.5. The van der Waals surface area contributed by atoms with Crippen LogP contribution in [0.2, 0.25) is 5.02 Å². The van der Waals surface area contributed by atoms with Crippen molar-refractivity contribution in [3.63, 3.8) is 0 Å². The number of carboxylic acids is 1. The highest BCUT2D eigenvalue weighted by Gasteiger charge is 2.27. The van der Waals surface area contributed by atoms with Gasteiger partial charge in [-0.2, -0.15) is 0 Å². The summed E-state index contributed by atoms with van der Waals surface area (Å²) in [6.07, 6.45) is 3.43. The van der Waals surface area contributed by atoms with Gasteiger partial charge in [-0.3, -0.25) is 4.39 Å². The number of benzene rings is 3. The fourth-order valence-electron chi connectivity index (χ4n) is 5.87. The first kappa shape index (κ1) is 25.7. The monoisotopic (exact) mass is 517 g/mol. The van der Waals surface area contributed by atoms with Crippen LogP contribution in [0.1, 0.15) is 57.9 Å². The predicted molar refractivity (Wildman–Crippen MR) is 149 cm³/mol. The minimum atomic E-state index is -0.896. The second kappa shape index (κ2) is 11.2. The second-order valence-electron chi connectivity index (χ2n) is 10.5. The van der Waals surface area contributed by atoms with Crippen LogP contribution in [-0.4, -0.2) is 42.3 Å². The van der Waals surface area contributed by atoms with Gasteiger partial charge < -0.3 is 10.0 Å². The highest BCUT2D eigenvalue weighted by molar-refractivity contribution is 6.30. The Hall–Kier alpha value is -2.95. The number of carboxylic acid groups (broad SMARTS) is 1. The third-order valence-electron chi connectivity index (χ3n) is 7.79. The fraction of sp³-hybridized carbons (Fsp3) is 0.344. The molecule has 1 heterocycles. The van der Waals surface area contributed by atoms with Crippen molar-refractivity contribution in [2.24, 2.45) is 11.8 Å². The summed E-state index contributed by atoms with van der Waals surface area (Å²) in [7, 11) is 0. The summed E-state index contributed by atoms with van der Waals surface area (Å²) in [5, 5.41) is 10.3. The van der Waals surface area contributed by atoms with Crippen LogP contribution in [0.15, 0.2) is 66.7 Å². The quantitative estimate of drug-likeness (QED) is 0.338. The Balaban J connectivity index is 1.51. The number of hydrogen-bond acceptors (Lipinski definition) is 2. The smallest absolute Gasteiger partial charge is 0.335 e. The Bertz CT molecular complexity index is 1290. The zero-order valence-electron chi connectivity index (χ0n) is 21.2. The van der Waals surface area contributed by atoms with E-state index in [1.807, 2.05) is 24.3 Å². The average Bonchev–Trinajstić information content (AvgIpc) is 3.02. The van der Waals surface area contributed by atoms with Crippen LogP contribution >= 0.6 is 11.6 Å². The maximum Gasteiger partial charge on any atom is 0.335 e. The van der Waals surface area contributed by atoms with E-state index in [9.17, 15) is 14.3 Å². The summed E-state index contributed by atoms with van der Waals surface area (Å²) in [4.78, 5) is 14.0. The molecular formula is C32H33ClFNO2. The van der Waals surface area contributed by atoms with Crippen LogP contribution in [0.5, 0.6) is 0 Å². The van der Waals surface area contributed by atoms with Gasteiger partial charge in [-0.25, -0.2) is 4.79 Å². The molecule has 5 rings (SSSR count). The largest absolute Gasteiger partial charge is 0.478 e. The summed E-state index contributed by atoms with van der Waals surface area (Å²) in [5.74, 6) is 0.0244. The first-order chi connectivity index (χ1) is 17.9. The lowest BCUT2D eigenvalue weighted by atomic mass is 9.83. The molecule has 1 atom stereocenters. The van der Waals surface area contributed by atoms with Crippen LogP contribution in [0.25, 0.3) is 11.1 Å². The topological polar surface area (TPSA) is 40.5 Å². The fourth-order valence-corrected chi connectivity index (χ4v) is 5.99. The van der Waals surface area contributed by atoms with Crippen molar-refractivity contribution in [3.05, 3.63) is 105 Å². The summed E-state index contributed by atoms with van der Waals surface area (Å²) < 4.78 is 12.4. The number of aromatic carboxylic acids is 1. The number of halogens is 2. The molecule has 192 valence electrons. The number of allylic oxidation sites excluding steroid dienone is 1. The molecule has 5 heteroatoms. The van der Waals surface area contributed by atoms with Crippen molar-refractivity contribution in [2.45, 2.75) is 32.6 Å². The van der Waals surface area contributed by atoms with Gasteiger partial charge in [0.2, 0.25) is 0 Å². The van der Waals surface area contributed by atoms with Gasteiger partial charge in [-0.05, 0) is 101 Å². The van der Waals surface area contributed by atoms with Crippen molar-refractivity contribution in [1.29, 1.82) is 0 Å². The molecule has 1 aliphatic heterocycles. The zero-order chi connectivity index (χ0) is 25.9. The number of nitrogens with zero attached hydrogens (tertiary/aromatic N) is 1. The van der Waals surface area contributed by atoms with E-state index in [0.29, 0.717) is 28.8 Å². The lowest BCUT2D eigenvalue weighted by Gasteiger charge is -2.39. The van der Waals surface area contributed by atoms with E-state index in [1.165, 1.54) is 16.7 Å². The number of carbonyl (C=O) groups is 1. The Kier molecular flexibility index (Phi) is 7.78. The molecule has 3 aromatic rings. The molecule has 1 N–H and O–H groups in total. The molecule has 1 unspecified atom stereocenters. The van der Waals surface area contributed by atoms with Crippen LogP contribution < -0.4 is 0 Å². The van der Waals surface area contributed by atoms with Gasteiger partial charge in [0, 0.05) is 24.7 Å². The van der Waals surface area contributed by atoms with E-state index in [0.717, 1.165) is 61.2 Å². The number of likely N-dealkylation sites (tertiary alicyclic amines) is 1. The van der Waals surface area contributed by atoms with Crippen molar-refractivity contribution in [2.75, 3.05) is 26.3 Å². The minimum Gasteiger partial charge on any atom is -0.478 e. The van der Waals surface area contributed by atoms with Crippen molar-refractivity contribution in [3.8, 4) is 0 Å². The Morgan fingerprint density at radius 1 is 1.03 bits per heavy atom. The standard InChI is InChI=1S/C32H33ClFNO2/c1-21-3-6-26-18-27(32(36)37)11-14-29(26)31(30(21)24-9-12-28(33)13-10-24)25-7-4-22(5-8-25)17-23-19-35(20-23)16-2-15-34/h4-5,7-14,18,21,23H,2-3,6,15-17,19-20H2,1H3,(H,36,37). The van der Waals surface area contributed by atoms with Crippen molar-refractivity contribution in [1.82, 2.24) is 4.90 Å². The van der Waals surface area contributed by atoms with Gasteiger partial charge in [-0.1, -0.05) is 61.0 Å². The van der Waals surface area contributed by atoms with E-state index in [1.54, 1.807) is 6.07 Å². The first-order valence-electron chi connectivity index (χ1n) is 13.2. The molecule has 1 aliphatic carbocycles. The Morgan fingerprint density at radius 3 is 2.41 bits per heavy atom. The third kappa shape index (κ3) is 5.66. The van der Waals surface area contributed by atoms with Crippen molar-refractivity contribution < 1.29 is 14.3 Å². The molecule has 0 amide bonds. The highest BCUT2D eigenvalue weighted by Crippen LogP contribution is 2.43. The molecule has 1 saturated heterocycles. The normalized spacial score (nSPS) is 18.3. The SMILES string of the molecule is CC1CCc2cc(C(=O)O)ccc2C(c2ccc(CC3CN(CCCF)C3)cc2)=C1c1ccc(Cl)cc1. The lowest BCUT2D eigenvalue weighted by Crippen LogP contribution is -2.47. The Labute approximate surface area is 223 Å². The molecule has 0 aromatic heterocycles. The summed E-state index contributed by atoms with van der Waals surface area (Å²) in [6.45, 7) is 4.97. The van der Waals surface area contributed by atoms with E-state index < -0.39 is 5.97 Å². The van der Waals surface area contributed by atoms with E-state index in [-0.39, 0.29) is 6.67 Å². The molecule has 37 heavy (non-hydrogen) atoms. The number of rotatable bonds is 8. The van der Waals surface area contributed by atoms with E-state index >= 15 is 0 Å². The maximum atomic E-state index is 12.4. The summed E-state index contributed by atoms with van der Waals surface area (Å²) >= 11 is 6.22. The molecule has 0 saturated carbocycles. The van der Waals surface area contributed by atoms with E-state index in [2.05, 4.69) is 48.2 Å². The second-order valence-corrected chi connectivity index (χ2v) is 10.9. The van der Waals surface area contributed by atoms with Crippen LogP contribution in [-0.2, 0) is 12.8 Å². The van der Waals surface area contributed by atoms with Crippen LogP contribution in [0, 0.1) is 11.8 Å². The number of fused-ring (bicyclic) bond motifs is 1. The lowest BCUT2D eigenvalue weighted by molar-refractivity contribution is 0.0696. The molecule has 0 radical (unpaired) electrons. The Morgan fingerprint density at radius 2 is 1.73 bits per heavy atom. The predicted octanol–water partition coefficient (Wildman–Crippen LogP) is 7.41. The van der Waals surface area contributed by atoms with Crippen LogP contribution in [0.4, 0.5) is 4.39 Å². The molecule has 1 fully saturated rings. The molecular weight excluding hydrogens is 485 g/mol. The molecule has 0 spiro atoms. The van der Waals surface area contributed by atoms with Gasteiger partial charge >= 0.3 is 5.97 Å². The van der Waals surface area contributed by atoms with Crippen molar-refractivity contribution >= 4 is 28.7 Å². The van der Waals surface area contributed by atoms with Gasteiger partial charge in [-0.15, -0.1) is 0 Å².